The molecule has 12 heteroatoms. The van der Waals surface area contributed by atoms with E-state index in [-0.39, 0.29) is 24.3 Å². The van der Waals surface area contributed by atoms with Gasteiger partial charge in [0.15, 0.2) is 0 Å². The van der Waals surface area contributed by atoms with Crippen LogP contribution in [0.3, 0.4) is 0 Å². The number of amides is 3. The van der Waals surface area contributed by atoms with Crippen molar-refractivity contribution >= 4 is 23.7 Å². The number of nitrogens with one attached hydrogen (secondary N) is 5. The van der Waals surface area contributed by atoms with Crippen molar-refractivity contribution in [2.75, 3.05) is 6.54 Å². The van der Waals surface area contributed by atoms with E-state index in [1.165, 1.54) is 19.4 Å². The van der Waals surface area contributed by atoms with Gasteiger partial charge in [-0.15, -0.1) is 0 Å². The first-order valence-electron chi connectivity index (χ1n) is 10.6. The lowest BCUT2D eigenvalue weighted by Gasteiger charge is -2.28. The van der Waals surface area contributed by atoms with Gasteiger partial charge >= 0.3 is 5.97 Å². The number of aliphatic carboxylic acids is 1. The van der Waals surface area contributed by atoms with Crippen LogP contribution in [0.2, 0.25) is 0 Å². The number of aromatic nitrogens is 2. The van der Waals surface area contributed by atoms with Gasteiger partial charge in [-0.25, -0.2) is 9.78 Å². The molecule has 2 rings (SSSR count). The summed E-state index contributed by atoms with van der Waals surface area (Å²) in [4.78, 5) is 56.1. The SMILES string of the molecule is CC(C)[C@H](NC(=O)[C@@H]1CCCN1)C(=O)N[C@H](C(=O)N[C@@H](Cc1cnc[nH]1)C(=O)O)[C@@H](C)O. The van der Waals surface area contributed by atoms with E-state index in [1.54, 1.807) is 13.8 Å². The molecule has 0 bridgehead atoms. The Balaban J connectivity index is 2.05. The van der Waals surface area contributed by atoms with E-state index in [9.17, 15) is 29.4 Å². The molecule has 0 spiro atoms. The van der Waals surface area contributed by atoms with Crippen molar-refractivity contribution in [2.24, 2.45) is 5.92 Å². The van der Waals surface area contributed by atoms with Gasteiger partial charge in [-0.3, -0.25) is 14.4 Å². The molecule has 1 aromatic heterocycles. The number of carboxylic acids is 1. The van der Waals surface area contributed by atoms with Crippen molar-refractivity contribution < 1.29 is 29.4 Å². The van der Waals surface area contributed by atoms with E-state index < -0.39 is 42.0 Å². The van der Waals surface area contributed by atoms with Gasteiger partial charge in [0.25, 0.3) is 0 Å². The normalized spacial score (nSPS) is 19.6. The third-order valence-corrected chi connectivity index (χ3v) is 5.28. The second-order valence-corrected chi connectivity index (χ2v) is 8.29. The van der Waals surface area contributed by atoms with Gasteiger partial charge in [-0.05, 0) is 32.2 Å². The summed E-state index contributed by atoms with van der Waals surface area (Å²) in [6.07, 6.45) is 3.00. The topological polar surface area (TPSA) is 186 Å². The Bertz CT molecular complexity index is 791. The number of carboxylic acid groups (broad SMARTS) is 1. The van der Waals surface area contributed by atoms with Gasteiger partial charge in [0.2, 0.25) is 17.7 Å². The zero-order chi connectivity index (χ0) is 23.8. The predicted octanol–water partition coefficient (Wildman–Crippen LogP) is -1.72. The van der Waals surface area contributed by atoms with Crippen molar-refractivity contribution in [1.82, 2.24) is 31.2 Å². The van der Waals surface area contributed by atoms with Crippen LogP contribution >= 0.6 is 0 Å². The maximum Gasteiger partial charge on any atom is 0.326 e. The molecular formula is C20H32N6O6. The lowest BCUT2D eigenvalue weighted by Crippen LogP contribution is -2.60. The summed E-state index contributed by atoms with van der Waals surface area (Å²) in [6.45, 7) is 5.52. The fraction of sp³-hybridized carbons (Fsp3) is 0.650. The number of aliphatic hydroxyl groups is 1. The molecule has 12 nitrogen and oxygen atoms in total. The highest BCUT2D eigenvalue weighted by atomic mass is 16.4. The first-order valence-corrected chi connectivity index (χ1v) is 10.6. The standard InChI is InChI=1S/C20H32N6O6/c1-10(2)15(25-17(28)13-5-4-6-22-13)18(29)26-16(11(3)27)19(30)24-14(20(31)32)7-12-8-21-9-23-12/h8-11,13-16,22,27H,4-7H2,1-3H3,(H,21,23)(H,24,30)(H,25,28)(H,26,29)(H,31,32)/t11-,13+,14+,15+,16+/m1/s1. The van der Waals surface area contributed by atoms with Gasteiger partial charge in [0.05, 0.1) is 18.5 Å². The number of hydrogen-bond acceptors (Lipinski definition) is 7. The highest BCUT2D eigenvalue weighted by Crippen LogP contribution is 2.09. The van der Waals surface area contributed by atoms with Crippen molar-refractivity contribution in [3.63, 3.8) is 0 Å². The average molecular weight is 453 g/mol. The Morgan fingerprint density at radius 2 is 1.81 bits per heavy atom. The maximum absolute atomic E-state index is 12.9. The number of aliphatic hydroxyl groups excluding tert-OH is 1. The van der Waals surface area contributed by atoms with E-state index >= 15 is 0 Å². The monoisotopic (exact) mass is 452 g/mol. The summed E-state index contributed by atoms with van der Waals surface area (Å²) in [5.74, 6) is -3.37. The molecule has 0 saturated carbocycles. The summed E-state index contributed by atoms with van der Waals surface area (Å²) in [5, 5.41) is 30.1. The number of aromatic amines is 1. The molecule has 1 fully saturated rings. The molecule has 1 saturated heterocycles. The van der Waals surface area contributed by atoms with E-state index in [1.807, 2.05) is 0 Å². The number of carbonyl (C=O) groups is 4. The number of carbonyl (C=O) groups excluding carboxylic acids is 3. The van der Waals surface area contributed by atoms with Crippen LogP contribution in [0.4, 0.5) is 0 Å². The van der Waals surface area contributed by atoms with Gasteiger partial charge in [0, 0.05) is 18.3 Å². The minimum absolute atomic E-state index is 0.0549. The number of rotatable bonds is 11. The van der Waals surface area contributed by atoms with Crippen molar-refractivity contribution in [3.8, 4) is 0 Å². The van der Waals surface area contributed by atoms with Crippen molar-refractivity contribution in [3.05, 3.63) is 18.2 Å². The molecular weight excluding hydrogens is 420 g/mol. The first-order chi connectivity index (χ1) is 15.1. The Morgan fingerprint density at radius 1 is 1.12 bits per heavy atom. The largest absolute Gasteiger partial charge is 0.480 e. The first kappa shape index (κ1) is 25.3. The highest BCUT2D eigenvalue weighted by molar-refractivity contribution is 5.94. The average Bonchev–Trinajstić information content (AvgIpc) is 3.42. The molecule has 0 unspecified atom stereocenters. The molecule has 7 N–H and O–H groups in total. The Hall–Kier alpha value is -2.99. The molecule has 5 atom stereocenters. The minimum atomic E-state index is -1.41. The van der Waals surface area contributed by atoms with Crippen LogP contribution in [-0.2, 0) is 25.6 Å². The lowest BCUT2D eigenvalue weighted by atomic mass is 10.0. The molecule has 1 aromatic rings. The smallest absolute Gasteiger partial charge is 0.326 e. The molecule has 0 aromatic carbocycles. The van der Waals surface area contributed by atoms with Gasteiger partial charge in [-0.2, -0.15) is 0 Å². The highest BCUT2D eigenvalue weighted by Gasteiger charge is 2.34. The number of imidazole rings is 1. The van der Waals surface area contributed by atoms with Gasteiger partial charge < -0.3 is 36.5 Å². The summed E-state index contributed by atoms with van der Waals surface area (Å²) in [7, 11) is 0. The summed E-state index contributed by atoms with van der Waals surface area (Å²) < 4.78 is 0. The predicted molar refractivity (Wildman–Crippen MR) is 113 cm³/mol. The van der Waals surface area contributed by atoms with Crippen LogP contribution in [0.25, 0.3) is 0 Å². The van der Waals surface area contributed by atoms with Crippen LogP contribution in [0.1, 0.15) is 39.3 Å². The summed E-state index contributed by atoms with van der Waals surface area (Å²) in [6, 6.07) is -4.01. The second-order valence-electron chi connectivity index (χ2n) is 8.29. The van der Waals surface area contributed by atoms with Crippen molar-refractivity contribution in [2.45, 2.75) is 70.3 Å². The molecule has 1 aliphatic heterocycles. The third-order valence-electron chi connectivity index (χ3n) is 5.28. The Morgan fingerprint density at radius 3 is 2.31 bits per heavy atom. The number of H-pyrrole nitrogens is 1. The molecule has 0 aliphatic carbocycles. The van der Waals surface area contributed by atoms with Gasteiger partial charge in [-0.1, -0.05) is 13.8 Å². The lowest BCUT2D eigenvalue weighted by molar-refractivity contribution is -0.143. The summed E-state index contributed by atoms with van der Waals surface area (Å²) in [5.41, 5.74) is 0.499. The molecule has 0 radical (unpaired) electrons. The van der Waals surface area contributed by atoms with Gasteiger partial charge in [0.1, 0.15) is 18.1 Å². The Labute approximate surface area is 185 Å². The zero-order valence-corrected chi connectivity index (χ0v) is 18.4. The quantitative estimate of drug-likeness (QED) is 0.207. The van der Waals surface area contributed by atoms with Crippen LogP contribution in [0.15, 0.2) is 12.5 Å². The fourth-order valence-electron chi connectivity index (χ4n) is 3.42. The second kappa shape index (κ2) is 11.6. The summed E-state index contributed by atoms with van der Waals surface area (Å²) >= 11 is 0. The third kappa shape index (κ3) is 7.02. The number of nitrogens with zero attached hydrogens (tertiary/aromatic N) is 1. The molecule has 32 heavy (non-hydrogen) atoms. The molecule has 3 amide bonds. The maximum atomic E-state index is 12.9. The van der Waals surface area contributed by atoms with E-state index in [0.717, 1.165) is 13.0 Å². The van der Waals surface area contributed by atoms with E-state index in [2.05, 4.69) is 31.2 Å². The minimum Gasteiger partial charge on any atom is -0.480 e. The number of hydrogen-bond donors (Lipinski definition) is 7. The molecule has 2 heterocycles. The molecule has 1 aliphatic rings. The van der Waals surface area contributed by atoms with Crippen LogP contribution in [0.5, 0.6) is 0 Å². The fourth-order valence-corrected chi connectivity index (χ4v) is 3.42. The van der Waals surface area contributed by atoms with Crippen molar-refractivity contribution in [1.29, 1.82) is 0 Å². The van der Waals surface area contributed by atoms with Crippen LogP contribution in [-0.4, -0.2) is 80.7 Å². The Kier molecular flexibility index (Phi) is 9.14. The van der Waals surface area contributed by atoms with E-state index in [0.29, 0.717) is 12.1 Å². The molecule has 178 valence electrons. The van der Waals surface area contributed by atoms with Crippen LogP contribution in [0, 0.1) is 5.92 Å². The van der Waals surface area contributed by atoms with E-state index in [4.69, 9.17) is 0 Å². The van der Waals surface area contributed by atoms with Crippen LogP contribution < -0.4 is 21.3 Å². The zero-order valence-electron chi connectivity index (χ0n) is 18.4.